The van der Waals surface area contributed by atoms with E-state index in [1.165, 1.54) is 0 Å². The van der Waals surface area contributed by atoms with Gasteiger partial charge in [0, 0.05) is 31.6 Å². The minimum atomic E-state index is -0.0576. The molecule has 2 aliphatic rings. The van der Waals surface area contributed by atoms with Crippen LogP contribution in [0.4, 0.5) is 0 Å². The Labute approximate surface area is 177 Å². The fraction of sp³-hybridized carbons (Fsp3) is 0.545. The first-order valence-corrected chi connectivity index (χ1v) is 10.8. The summed E-state index contributed by atoms with van der Waals surface area (Å²) < 4.78 is 11.1. The molecule has 1 fully saturated rings. The van der Waals surface area contributed by atoms with Crippen LogP contribution in [0.2, 0.25) is 5.02 Å². The maximum absolute atomic E-state index is 12.5. The fourth-order valence-electron chi connectivity index (χ4n) is 3.59. The van der Waals surface area contributed by atoms with Gasteiger partial charge in [0.1, 0.15) is 13.2 Å². The molecule has 0 bridgehead atoms. The average molecular weight is 421 g/mol. The molecule has 0 aromatic heterocycles. The number of hydrogen-bond donors (Lipinski definition) is 1. The van der Waals surface area contributed by atoms with E-state index < -0.39 is 0 Å². The van der Waals surface area contributed by atoms with Crippen LogP contribution in [-0.4, -0.2) is 49.6 Å². The Morgan fingerprint density at radius 3 is 2.72 bits per heavy atom. The highest BCUT2D eigenvalue weighted by Gasteiger charge is 2.26. The molecule has 1 N–H and O–H groups in total. The lowest BCUT2D eigenvalue weighted by molar-refractivity contribution is -0.132. The summed E-state index contributed by atoms with van der Waals surface area (Å²) in [7, 11) is 0. The number of carbonyl (C=O) groups excluding carboxylic acids is 2. The third-order valence-corrected chi connectivity index (χ3v) is 5.58. The Balaban J connectivity index is 1.48. The van der Waals surface area contributed by atoms with Crippen molar-refractivity contribution in [2.75, 3.05) is 32.8 Å². The number of nitrogens with zero attached hydrogens (tertiary/aromatic N) is 1. The van der Waals surface area contributed by atoms with E-state index in [0.29, 0.717) is 55.7 Å². The van der Waals surface area contributed by atoms with Gasteiger partial charge in [0.25, 0.3) is 0 Å². The summed E-state index contributed by atoms with van der Waals surface area (Å²) in [6, 6.07) is 3.58. The first-order chi connectivity index (χ1) is 14.1. The lowest BCUT2D eigenvalue weighted by atomic mass is 9.95. The summed E-state index contributed by atoms with van der Waals surface area (Å²) in [6.07, 6.45) is 7.99. The molecule has 2 heterocycles. The molecule has 0 spiro atoms. The minimum absolute atomic E-state index is 0.00116. The van der Waals surface area contributed by atoms with Gasteiger partial charge in [-0.05, 0) is 43.0 Å². The van der Waals surface area contributed by atoms with Crippen LogP contribution in [0.5, 0.6) is 11.5 Å². The molecule has 29 heavy (non-hydrogen) atoms. The number of likely N-dealkylation sites (tertiary alicyclic amines) is 1. The minimum Gasteiger partial charge on any atom is -0.486 e. The molecular formula is C22H29ClN2O4. The molecule has 7 heteroatoms. The molecule has 0 aliphatic carbocycles. The van der Waals surface area contributed by atoms with Crippen LogP contribution in [0.25, 0.3) is 6.08 Å². The van der Waals surface area contributed by atoms with Gasteiger partial charge >= 0.3 is 0 Å². The van der Waals surface area contributed by atoms with Crippen molar-refractivity contribution in [3.05, 3.63) is 28.8 Å². The van der Waals surface area contributed by atoms with E-state index in [0.717, 1.165) is 31.4 Å². The Hall–Kier alpha value is -2.21. The predicted molar refractivity (Wildman–Crippen MR) is 113 cm³/mol. The van der Waals surface area contributed by atoms with Crippen molar-refractivity contribution >= 4 is 29.5 Å². The van der Waals surface area contributed by atoms with Crippen LogP contribution >= 0.6 is 11.6 Å². The Kier molecular flexibility index (Phi) is 7.81. The molecule has 158 valence electrons. The highest BCUT2D eigenvalue weighted by molar-refractivity contribution is 6.32. The van der Waals surface area contributed by atoms with E-state index in [1.54, 1.807) is 23.1 Å². The Morgan fingerprint density at radius 2 is 1.97 bits per heavy atom. The number of nitrogens with one attached hydrogen (secondary N) is 1. The standard InChI is InChI=1S/C22H29ClN2O4/c1-2-3-4-9-24-22(27)17-7-10-25(11-8-17)20(26)6-5-16-14-18(23)21-19(15-16)28-12-13-29-21/h5-6,14-15,17H,2-4,7-13H2,1H3,(H,24,27)/b6-5+. The number of hydrogen-bond acceptors (Lipinski definition) is 4. The predicted octanol–water partition coefficient (Wildman–Crippen LogP) is 3.67. The van der Waals surface area contributed by atoms with Crippen LogP contribution in [0.1, 0.15) is 44.6 Å². The number of carbonyl (C=O) groups is 2. The highest BCUT2D eigenvalue weighted by atomic mass is 35.5. The first kappa shape index (κ1) is 21.5. The summed E-state index contributed by atoms with van der Waals surface area (Å²) in [5.41, 5.74) is 0.786. The third-order valence-electron chi connectivity index (χ3n) is 5.29. The molecule has 0 radical (unpaired) electrons. The third kappa shape index (κ3) is 5.89. The molecule has 1 aromatic carbocycles. The van der Waals surface area contributed by atoms with Crippen molar-refractivity contribution in [1.82, 2.24) is 10.2 Å². The van der Waals surface area contributed by atoms with Gasteiger partial charge in [0.2, 0.25) is 11.8 Å². The second-order valence-corrected chi connectivity index (χ2v) is 7.87. The molecule has 1 saturated heterocycles. The summed E-state index contributed by atoms with van der Waals surface area (Å²) in [6.45, 7) is 5.04. The van der Waals surface area contributed by atoms with Crippen molar-refractivity contribution < 1.29 is 19.1 Å². The van der Waals surface area contributed by atoms with Gasteiger partial charge < -0.3 is 19.7 Å². The molecule has 0 unspecified atom stereocenters. The number of halogens is 1. The number of amides is 2. The topological polar surface area (TPSA) is 67.9 Å². The lowest BCUT2D eigenvalue weighted by Crippen LogP contribution is -2.42. The number of ether oxygens (including phenoxy) is 2. The molecule has 1 aromatic rings. The fourth-order valence-corrected chi connectivity index (χ4v) is 3.87. The van der Waals surface area contributed by atoms with Gasteiger partial charge in [0.15, 0.2) is 11.5 Å². The molecule has 3 rings (SSSR count). The van der Waals surface area contributed by atoms with Crippen LogP contribution < -0.4 is 14.8 Å². The van der Waals surface area contributed by atoms with E-state index in [2.05, 4.69) is 12.2 Å². The van der Waals surface area contributed by atoms with Crippen molar-refractivity contribution in [2.45, 2.75) is 39.0 Å². The van der Waals surface area contributed by atoms with Crippen LogP contribution in [0.15, 0.2) is 18.2 Å². The molecule has 6 nitrogen and oxygen atoms in total. The second kappa shape index (κ2) is 10.5. The number of piperidine rings is 1. The van der Waals surface area contributed by atoms with Crippen molar-refractivity contribution in [3.8, 4) is 11.5 Å². The smallest absolute Gasteiger partial charge is 0.246 e. The summed E-state index contributed by atoms with van der Waals surface area (Å²) in [5, 5.41) is 3.49. The Bertz CT molecular complexity index is 757. The zero-order chi connectivity index (χ0) is 20.6. The maximum atomic E-state index is 12.5. The zero-order valence-electron chi connectivity index (χ0n) is 16.9. The first-order valence-electron chi connectivity index (χ1n) is 10.4. The number of unbranched alkanes of at least 4 members (excludes halogenated alkanes) is 2. The quantitative estimate of drug-likeness (QED) is 0.539. The van der Waals surface area contributed by atoms with Gasteiger partial charge in [-0.15, -0.1) is 0 Å². The molecule has 0 atom stereocenters. The van der Waals surface area contributed by atoms with Crippen molar-refractivity contribution in [1.29, 1.82) is 0 Å². The molecular weight excluding hydrogens is 392 g/mol. The maximum Gasteiger partial charge on any atom is 0.246 e. The largest absolute Gasteiger partial charge is 0.486 e. The normalized spacial score (nSPS) is 16.8. The van der Waals surface area contributed by atoms with E-state index in [-0.39, 0.29) is 17.7 Å². The van der Waals surface area contributed by atoms with Gasteiger partial charge in [-0.1, -0.05) is 31.4 Å². The Morgan fingerprint density at radius 1 is 1.21 bits per heavy atom. The SMILES string of the molecule is CCCCCNC(=O)C1CCN(C(=O)/C=C/c2cc(Cl)c3c(c2)OCCO3)CC1. The van der Waals surface area contributed by atoms with E-state index in [9.17, 15) is 9.59 Å². The molecule has 2 amide bonds. The summed E-state index contributed by atoms with van der Waals surface area (Å²) in [5.74, 6) is 1.21. The van der Waals surface area contributed by atoms with E-state index in [4.69, 9.17) is 21.1 Å². The van der Waals surface area contributed by atoms with E-state index >= 15 is 0 Å². The average Bonchev–Trinajstić information content (AvgIpc) is 2.75. The van der Waals surface area contributed by atoms with Crippen LogP contribution in [-0.2, 0) is 9.59 Å². The van der Waals surface area contributed by atoms with Gasteiger partial charge in [-0.25, -0.2) is 0 Å². The van der Waals surface area contributed by atoms with Crippen LogP contribution in [0.3, 0.4) is 0 Å². The molecule has 0 saturated carbocycles. The van der Waals surface area contributed by atoms with Gasteiger partial charge in [0.05, 0.1) is 5.02 Å². The summed E-state index contributed by atoms with van der Waals surface area (Å²) in [4.78, 5) is 26.5. The monoisotopic (exact) mass is 420 g/mol. The number of rotatable bonds is 7. The second-order valence-electron chi connectivity index (χ2n) is 7.46. The highest BCUT2D eigenvalue weighted by Crippen LogP contribution is 2.38. The van der Waals surface area contributed by atoms with Crippen molar-refractivity contribution in [3.63, 3.8) is 0 Å². The van der Waals surface area contributed by atoms with E-state index in [1.807, 2.05) is 6.07 Å². The number of benzene rings is 1. The zero-order valence-corrected chi connectivity index (χ0v) is 17.7. The van der Waals surface area contributed by atoms with Gasteiger partial charge in [-0.3, -0.25) is 9.59 Å². The molecule has 2 aliphatic heterocycles. The van der Waals surface area contributed by atoms with Crippen molar-refractivity contribution in [2.24, 2.45) is 5.92 Å². The number of fused-ring (bicyclic) bond motifs is 1. The lowest BCUT2D eigenvalue weighted by Gasteiger charge is -2.30. The van der Waals surface area contributed by atoms with Gasteiger partial charge in [-0.2, -0.15) is 0 Å². The van der Waals surface area contributed by atoms with Crippen LogP contribution in [0, 0.1) is 5.92 Å². The summed E-state index contributed by atoms with van der Waals surface area (Å²) >= 11 is 6.24.